The van der Waals surface area contributed by atoms with Gasteiger partial charge in [-0.25, -0.2) is 9.38 Å². The third-order valence-corrected chi connectivity index (χ3v) is 5.62. The van der Waals surface area contributed by atoms with E-state index in [2.05, 4.69) is 16.4 Å². The lowest BCUT2D eigenvalue weighted by atomic mass is 9.93. The van der Waals surface area contributed by atoms with Crippen LogP contribution < -0.4 is 11.1 Å². The van der Waals surface area contributed by atoms with E-state index in [1.807, 2.05) is 18.2 Å². The van der Waals surface area contributed by atoms with Gasteiger partial charge in [0.25, 0.3) is 5.91 Å². The van der Waals surface area contributed by atoms with Crippen LogP contribution in [0.5, 0.6) is 0 Å². The zero-order valence-corrected chi connectivity index (χ0v) is 16.2. The number of fused-ring (bicyclic) bond motifs is 1. The molecule has 0 fully saturated rings. The van der Waals surface area contributed by atoms with Crippen LogP contribution in [0.3, 0.4) is 0 Å². The monoisotopic (exact) mass is 405 g/mol. The lowest BCUT2D eigenvalue weighted by Crippen LogP contribution is -2.39. The lowest BCUT2D eigenvalue weighted by Gasteiger charge is -2.35. The predicted molar refractivity (Wildman–Crippen MR) is 111 cm³/mol. The summed E-state index contributed by atoms with van der Waals surface area (Å²) in [7, 11) is 0. The summed E-state index contributed by atoms with van der Waals surface area (Å²) in [5.41, 5.74) is 8.42. The maximum atomic E-state index is 13.5. The Labute approximate surface area is 171 Å². The highest BCUT2D eigenvalue weighted by Crippen LogP contribution is 2.45. The summed E-state index contributed by atoms with van der Waals surface area (Å²) >= 11 is 1.16. The van der Waals surface area contributed by atoms with Crippen LogP contribution in [0.1, 0.15) is 18.5 Å². The average molecular weight is 405 g/mol. The first-order valence-corrected chi connectivity index (χ1v) is 9.59. The Bertz CT molecular complexity index is 1120. The number of halogens is 1. The number of nitriles is 1. The molecule has 0 radical (unpaired) electrons. The molecule has 6 nitrogen and oxygen atoms in total. The maximum absolute atomic E-state index is 13.5. The molecule has 2 aliphatic rings. The summed E-state index contributed by atoms with van der Waals surface area (Å²) < 4.78 is 13.5. The molecule has 1 atom stereocenters. The van der Waals surface area contributed by atoms with Gasteiger partial charge in [0, 0.05) is 5.69 Å². The first kappa shape index (κ1) is 18.8. The number of hydrogen-bond acceptors (Lipinski definition) is 6. The van der Waals surface area contributed by atoms with Gasteiger partial charge in [0.2, 0.25) is 0 Å². The largest absolute Gasteiger partial charge is 0.383 e. The Balaban J connectivity index is 1.82. The molecule has 0 spiro atoms. The van der Waals surface area contributed by atoms with Crippen molar-refractivity contribution in [3.05, 3.63) is 88.0 Å². The highest BCUT2D eigenvalue weighted by molar-refractivity contribution is 8.17. The molecular weight excluding hydrogens is 389 g/mol. The van der Waals surface area contributed by atoms with Gasteiger partial charge in [-0.3, -0.25) is 9.69 Å². The normalized spacial score (nSPS) is 18.3. The highest BCUT2D eigenvalue weighted by atomic mass is 32.2. The summed E-state index contributed by atoms with van der Waals surface area (Å²) in [6, 6.07) is 16.4. The van der Waals surface area contributed by atoms with Crippen LogP contribution in [0.15, 0.2) is 81.6 Å². The fourth-order valence-corrected chi connectivity index (χ4v) is 4.23. The van der Waals surface area contributed by atoms with Gasteiger partial charge in [0.15, 0.2) is 5.17 Å². The first-order chi connectivity index (χ1) is 14.0. The van der Waals surface area contributed by atoms with Crippen LogP contribution in [0.25, 0.3) is 0 Å². The van der Waals surface area contributed by atoms with Crippen LogP contribution in [0.2, 0.25) is 0 Å². The lowest BCUT2D eigenvalue weighted by molar-refractivity contribution is -0.113. The van der Waals surface area contributed by atoms with Gasteiger partial charge in [-0.15, -0.1) is 0 Å². The molecule has 0 saturated heterocycles. The van der Waals surface area contributed by atoms with E-state index in [0.29, 0.717) is 32.6 Å². The van der Waals surface area contributed by atoms with Crippen LogP contribution in [0, 0.1) is 17.1 Å². The van der Waals surface area contributed by atoms with E-state index >= 15 is 0 Å². The van der Waals surface area contributed by atoms with Crippen LogP contribution in [0.4, 0.5) is 10.1 Å². The van der Waals surface area contributed by atoms with Crippen molar-refractivity contribution < 1.29 is 9.18 Å². The standard InChI is InChI=1S/C21H16FN5OS/c1-12-17(20(28)26-15-5-3-2-4-6-15)18(13-7-9-14(22)10-8-13)27-19(24)16(11-23)29-21(27)25-12/h2-10,18H,24H2,1H3,(H,26,28)/t18-/m0/s1. The van der Waals surface area contributed by atoms with E-state index in [9.17, 15) is 14.4 Å². The van der Waals surface area contributed by atoms with Crippen molar-refractivity contribution in [2.75, 3.05) is 5.32 Å². The molecular formula is C21H16FN5OS. The molecule has 2 aromatic carbocycles. The number of rotatable bonds is 3. The second-order valence-corrected chi connectivity index (χ2v) is 7.44. The number of para-hydroxylation sites is 1. The Morgan fingerprint density at radius 3 is 2.59 bits per heavy atom. The molecule has 3 N–H and O–H groups in total. The van der Waals surface area contributed by atoms with E-state index < -0.39 is 6.04 Å². The third-order valence-electron chi connectivity index (χ3n) is 4.64. The van der Waals surface area contributed by atoms with Gasteiger partial charge in [-0.2, -0.15) is 5.26 Å². The Hall–Kier alpha value is -3.57. The quantitative estimate of drug-likeness (QED) is 0.809. The first-order valence-electron chi connectivity index (χ1n) is 8.78. The number of nitrogens with one attached hydrogen (secondary N) is 1. The molecule has 0 unspecified atom stereocenters. The van der Waals surface area contributed by atoms with Gasteiger partial charge in [0.1, 0.15) is 22.6 Å². The minimum atomic E-state index is -0.634. The van der Waals surface area contributed by atoms with Crippen molar-refractivity contribution in [1.29, 1.82) is 5.26 Å². The van der Waals surface area contributed by atoms with Crippen molar-refractivity contribution in [2.24, 2.45) is 10.7 Å². The van der Waals surface area contributed by atoms with Gasteiger partial charge < -0.3 is 11.1 Å². The number of benzene rings is 2. The fourth-order valence-electron chi connectivity index (χ4n) is 3.31. The summed E-state index contributed by atoms with van der Waals surface area (Å²) in [5.74, 6) is -0.497. The van der Waals surface area contributed by atoms with Crippen molar-refractivity contribution in [1.82, 2.24) is 4.90 Å². The zero-order valence-electron chi connectivity index (χ0n) is 15.4. The Kier molecular flexibility index (Phi) is 4.82. The van der Waals surface area contributed by atoms with Crippen LogP contribution >= 0.6 is 11.8 Å². The molecule has 144 valence electrons. The molecule has 8 heteroatoms. The van der Waals surface area contributed by atoms with Gasteiger partial charge in [-0.1, -0.05) is 30.3 Å². The Morgan fingerprint density at radius 1 is 1.24 bits per heavy atom. The van der Waals surface area contributed by atoms with E-state index in [1.54, 1.807) is 36.1 Å². The highest BCUT2D eigenvalue weighted by Gasteiger charge is 2.42. The van der Waals surface area contributed by atoms with Crippen molar-refractivity contribution >= 4 is 28.5 Å². The topological polar surface area (TPSA) is 94.5 Å². The van der Waals surface area contributed by atoms with Crippen molar-refractivity contribution in [3.63, 3.8) is 0 Å². The molecule has 0 aromatic heterocycles. The second-order valence-electron chi connectivity index (χ2n) is 6.47. The van der Waals surface area contributed by atoms with Gasteiger partial charge in [-0.05, 0) is 48.5 Å². The van der Waals surface area contributed by atoms with E-state index in [1.165, 1.54) is 12.1 Å². The molecule has 2 heterocycles. The number of amidine groups is 1. The summed E-state index contributed by atoms with van der Waals surface area (Å²) in [4.78, 5) is 19.7. The van der Waals surface area contributed by atoms with Crippen LogP contribution in [-0.2, 0) is 4.79 Å². The molecule has 4 rings (SSSR count). The zero-order chi connectivity index (χ0) is 20.5. The van der Waals surface area contributed by atoms with E-state index in [-0.39, 0.29) is 17.5 Å². The molecule has 0 aliphatic carbocycles. The summed E-state index contributed by atoms with van der Waals surface area (Å²) in [5, 5.41) is 12.8. The van der Waals surface area contributed by atoms with E-state index in [0.717, 1.165) is 11.8 Å². The van der Waals surface area contributed by atoms with Crippen molar-refractivity contribution in [3.8, 4) is 6.07 Å². The molecule has 29 heavy (non-hydrogen) atoms. The third kappa shape index (κ3) is 3.37. The SMILES string of the molecule is CC1=C(C(=O)Nc2ccccc2)[C@H](c2ccc(F)cc2)N2C(=N1)SC(C#N)=C2N. The molecule has 2 aromatic rings. The minimum absolute atomic E-state index is 0.225. The maximum Gasteiger partial charge on any atom is 0.255 e. The average Bonchev–Trinajstić information content (AvgIpc) is 3.03. The number of carbonyl (C=O) groups excluding carboxylic acids is 1. The fraction of sp³-hybridized carbons (Fsp3) is 0.0952. The second kappa shape index (κ2) is 7.45. The minimum Gasteiger partial charge on any atom is -0.383 e. The number of anilines is 1. The number of carbonyl (C=O) groups is 1. The number of thioether (sulfide) groups is 1. The predicted octanol–water partition coefficient (Wildman–Crippen LogP) is 3.85. The van der Waals surface area contributed by atoms with Crippen LogP contribution in [-0.4, -0.2) is 16.0 Å². The number of nitrogens with two attached hydrogens (primary N) is 1. The molecule has 2 aliphatic heterocycles. The smallest absolute Gasteiger partial charge is 0.255 e. The van der Waals surface area contributed by atoms with Gasteiger partial charge >= 0.3 is 0 Å². The molecule has 0 saturated carbocycles. The number of allylic oxidation sites excluding steroid dienone is 2. The van der Waals surface area contributed by atoms with E-state index in [4.69, 9.17) is 5.73 Å². The summed E-state index contributed by atoms with van der Waals surface area (Å²) in [6.45, 7) is 1.74. The molecule has 1 amide bonds. The Morgan fingerprint density at radius 2 is 1.93 bits per heavy atom. The number of nitrogens with zero attached hydrogens (tertiary/aromatic N) is 3. The van der Waals surface area contributed by atoms with Crippen molar-refractivity contribution in [2.45, 2.75) is 13.0 Å². The number of hydrogen-bond donors (Lipinski definition) is 2. The summed E-state index contributed by atoms with van der Waals surface area (Å²) in [6.07, 6.45) is 0. The number of aliphatic imine (C=N–C) groups is 1. The number of amides is 1. The molecule has 0 bridgehead atoms. The van der Waals surface area contributed by atoms with Gasteiger partial charge in [0.05, 0.1) is 17.3 Å².